The number of hydrogen-bond donors (Lipinski definition) is 0. The third kappa shape index (κ3) is 2.46. The summed E-state index contributed by atoms with van der Waals surface area (Å²) in [5.41, 5.74) is 0.890. The van der Waals surface area contributed by atoms with Crippen molar-refractivity contribution in [3.05, 3.63) is 65.7 Å². The molecule has 1 saturated heterocycles. The van der Waals surface area contributed by atoms with Crippen LogP contribution in [0.25, 0.3) is 0 Å². The molecule has 1 fully saturated rings. The molecule has 4 rings (SSSR count). The van der Waals surface area contributed by atoms with E-state index in [4.69, 9.17) is 4.74 Å². The Labute approximate surface area is 156 Å². The number of fused-ring (bicyclic) bond motifs is 3. The molecule has 2 aliphatic heterocycles. The molecule has 0 saturated carbocycles. The van der Waals surface area contributed by atoms with Gasteiger partial charge in [0.15, 0.2) is 9.84 Å². The van der Waals surface area contributed by atoms with E-state index in [-0.39, 0.29) is 17.3 Å². The molecular formula is C22H26O3S. The topological polar surface area (TPSA) is 46.7 Å². The van der Waals surface area contributed by atoms with Gasteiger partial charge in [0.2, 0.25) is 0 Å². The molecule has 0 radical (unpaired) electrons. The predicted octanol–water partition coefficient (Wildman–Crippen LogP) is 4.70. The van der Waals surface area contributed by atoms with Crippen molar-refractivity contribution in [2.24, 2.45) is 5.41 Å². The van der Waals surface area contributed by atoms with Crippen molar-refractivity contribution in [2.45, 2.75) is 56.1 Å². The maximum atomic E-state index is 13.3. The van der Waals surface area contributed by atoms with E-state index < -0.39 is 15.4 Å². The first-order chi connectivity index (χ1) is 12.5. The Bertz CT molecular complexity index is 906. The van der Waals surface area contributed by atoms with E-state index >= 15 is 0 Å². The predicted molar refractivity (Wildman–Crippen MR) is 103 cm³/mol. The Morgan fingerprint density at radius 3 is 2.42 bits per heavy atom. The van der Waals surface area contributed by atoms with Crippen LogP contribution < -0.4 is 0 Å². The summed E-state index contributed by atoms with van der Waals surface area (Å²) in [5, 5.41) is 0. The molecule has 138 valence electrons. The van der Waals surface area contributed by atoms with Crippen LogP contribution in [0.5, 0.6) is 0 Å². The summed E-state index contributed by atoms with van der Waals surface area (Å²) in [5.74, 6) is 0.173. The highest BCUT2D eigenvalue weighted by Gasteiger charge is 2.70. The second-order valence-electron chi connectivity index (χ2n) is 7.67. The lowest BCUT2D eigenvalue weighted by atomic mass is 9.71. The SMILES string of the molecule is CCCCC1(CC)CS(=O)(=O)c2ccccc2C2(c3ccccc3)OC12. The molecule has 3 nitrogen and oxygen atoms in total. The Balaban J connectivity index is 1.96. The number of rotatable bonds is 5. The standard InChI is InChI=1S/C22H26O3S/c1-3-5-15-21(4-2)16-26(23,24)19-14-10-9-13-18(19)22(20(21)25-22)17-11-7-6-8-12-17/h6-14,20H,3-5,15-16H2,1-2H3. The number of unbranched alkanes of at least 4 members (excludes halogenated alkanes) is 1. The van der Waals surface area contributed by atoms with Gasteiger partial charge >= 0.3 is 0 Å². The van der Waals surface area contributed by atoms with Crippen molar-refractivity contribution in [1.82, 2.24) is 0 Å². The summed E-state index contributed by atoms with van der Waals surface area (Å²) >= 11 is 0. The van der Waals surface area contributed by atoms with Gasteiger partial charge in [-0.2, -0.15) is 0 Å². The molecule has 0 amide bonds. The van der Waals surface area contributed by atoms with Crippen molar-refractivity contribution in [1.29, 1.82) is 0 Å². The van der Waals surface area contributed by atoms with Gasteiger partial charge in [-0.3, -0.25) is 0 Å². The molecular weight excluding hydrogens is 344 g/mol. The van der Waals surface area contributed by atoms with E-state index in [1.807, 2.05) is 36.4 Å². The van der Waals surface area contributed by atoms with Gasteiger partial charge in [0.1, 0.15) is 11.7 Å². The molecule has 26 heavy (non-hydrogen) atoms. The highest BCUT2D eigenvalue weighted by molar-refractivity contribution is 7.91. The normalized spacial score (nSPS) is 31.5. The zero-order valence-corrected chi connectivity index (χ0v) is 16.3. The molecule has 3 unspecified atom stereocenters. The average molecular weight is 371 g/mol. The fraction of sp³-hybridized carbons (Fsp3) is 0.455. The molecule has 2 heterocycles. The molecule has 2 aromatic rings. The number of sulfone groups is 1. The lowest BCUT2D eigenvalue weighted by Crippen LogP contribution is -2.36. The lowest BCUT2D eigenvalue weighted by Gasteiger charge is -2.31. The monoisotopic (exact) mass is 370 g/mol. The van der Waals surface area contributed by atoms with E-state index in [0.29, 0.717) is 4.90 Å². The first-order valence-corrected chi connectivity index (χ1v) is 11.2. The fourth-order valence-corrected chi connectivity index (χ4v) is 7.00. The van der Waals surface area contributed by atoms with Gasteiger partial charge in [-0.1, -0.05) is 75.2 Å². The second-order valence-corrected chi connectivity index (χ2v) is 9.63. The Morgan fingerprint density at radius 1 is 1.04 bits per heavy atom. The van der Waals surface area contributed by atoms with Gasteiger partial charge in [0.25, 0.3) is 0 Å². The quantitative estimate of drug-likeness (QED) is 0.717. The third-order valence-electron chi connectivity index (χ3n) is 6.21. The average Bonchev–Trinajstić information content (AvgIpc) is 3.43. The van der Waals surface area contributed by atoms with Crippen molar-refractivity contribution >= 4 is 9.84 Å². The smallest absolute Gasteiger partial charge is 0.179 e. The summed E-state index contributed by atoms with van der Waals surface area (Å²) in [7, 11) is -3.36. The van der Waals surface area contributed by atoms with Crippen LogP contribution in [0, 0.1) is 5.41 Å². The van der Waals surface area contributed by atoms with Crippen LogP contribution in [-0.2, 0) is 20.2 Å². The van der Waals surface area contributed by atoms with Crippen LogP contribution in [0.1, 0.15) is 50.7 Å². The van der Waals surface area contributed by atoms with E-state index in [1.165, 1.54) is 0 Å². The summed E-state index contributed by atoms with van der Waals surface area (Å²) in [4.78, 5) is 0.443. The minimum Gasteiger partial charge on any atom is -0.355 e. The zero-order chi connectivity index (χ0) is 18.4. The van der Waals surface area contributed by atoms with E-state index in [0.717, 1.165) is 36.8 Å². The molecule has 0 spiro atoms. The van der Waals surface area contributed by atoms with Gasteiger partial charge in [0.05, 0.1) is 10.6 Å². The number of benzene rings is 2. The van der Waals surface area contributed by atoms with E-state index in [2.05, 4.69) is 26.0 Å². The van der Waals surface area contributed by atoms with Crippen LogP contribution in [0.3, 0.4) is 0 Å². The largest absolute Gasteiger partial charge is 0.355 e. The Kier molecular flexibility index (Phi) is 4.24. The maximum absolute atomic E-state index is 13.3. The van der Waals surface area contributed by atoms with Crippen molar-refractivity contribution in [3.63, 3.8) is 0 Å². The molecule has 3 atom stereocenters. The minimum atomic E-state index is -3.36. The molecule has 0 N–H and O–H groups in total. The molecule has 0 aromatic heterocycles. The highest BCUT2D eigenvalue weighted by atomic mass is 32.2. The molecule has 4 heteroatoms. The summed E-state index contributed by atoms with van der Waals surface area (Å²) in [6.45, 7) is 4.26. The van der Waals surface area contributed by atoms with Gasteiger partial charge < -0.3 is 4.74 Å². The van der Waals surface area contributed by atoms with Gasteiger partial charge in [0, 0.05) is 11.0 Å². The zero-order valence-electron chi connectivity index (χ0n) is 15.4. The van der Waals surface area contributed by atoms with Gasteiger partial charge in [-0.15, -0.1) is 0 Å². The fourth-order valence-electron chi connectivity index (χ4n) is 4.75. The maximum Gasteiger partial charge on any atom is 0.179 e. The summed E-state index contributed by atoms with van der Waals surface area (Å²) < 4.78 is 33.1. The van der Waals surface area contributed by atoms with Crippen LogP contribution in [0.15, 0.2) is 59.5 Å². The van der Waals surface area contributed by atoms with Gasteiger partial charge in [-0.05, 0) is 24.5 Å². The second kappa shape index (κ2) is 6.21. The number of ether oxygens (including phenoxy) is 1. The Hall–Kier alpha value is -1.65. The summed E-state index contributed by atoms with van der Waals surface area (Å²) in [6, 6.07) is 17.5. The first-order valence-electron chi connectivity index (χ1n) is 9.56. The summed E-state index contributed by atoms with van der Waals surface area (Å²) in [6.07, 6.45) is 3.67. The molecule has 0 aliphatic carbocycles. The van der Waals surface area contributed by atoms with Crippen molar-refractivity contribution in [3.8, 4) is 0 Å². The van der Waals surface area contributed by atoms with Crippen LogP contribution in [-0.4, -0.2) is 20.3 Å². The van der Waals surface area contributed by atoms with Crippen molar-refractivity contribution in [2.75, 3.05) is 5.75 Å². The third-order valence-corrected chi connectivity index (χ3v) is 8.19. The van der Waals surface area contributed by atoms with Crippen LogP contribution >= 0.6 is 0 Å². The van der Waals surface area contributed by atoms with Gasteiger partial charge in [-0.25, -0.2) is 8.42 Å². The van der Waals surface area contributed by atoms with Crippen molar-refractivity contribution < 1.29 is 13.2 Å². The lowest BCUT2D eigenvalue weighted by molar-refractivity contribution is 0.191. The Morgan fingerprint density at radius 2 is 1.73 bits per heavy atom. The van der Waals surface area contributed by atoms with E-state index in [9.17, 15) is 8.42 Å². The van der Waals surface area contributed by atoms with E-state index in [1.54, 1.807) is 6.07 Å². The minimum absolute atomic E-state index is 0.0904. The van der Waals surface area contributed by atoms with Crippen LogP contribution in [0.2, 0.25) is 0 Å². The number of epoxide rings is 1. The number of hydrogen-bond acceptors (Lipinski definition) is 3. The highest BCUT2D eigenvalue weighted by Crippen LogP contribution is 2.64. The van der Waals surface area contributed by atoms with Crippen LogP contribution in [0.4, 0.5) is 0 Å². The first kappa shape index (κ1) is 17.7. The molecule has 2 aliphatic rings. The molecule has 0 bridgehead atoms. The molecule has 2 aromatic carbocycles.